The van der Waals surface area contributed by atoms with E-state index in [-0.39, 0.29) is 29.2 Å². The van der Waals surface area contributed by atoms with Crippen molar-refractivity contribution in [2.45, 2.75) is 72.2 Å². The van der Waals surface area contributed by atoms with Gasteiger partial charge in [0.25, 0.3) is 5.56 Å². The number of nitrogens with zero attached hydrogens (tertiary/aromatic N) is 2. The number of likely N-dealkylation sites (tertiary alicyclic amines) is 1. The average Bonchev–Trinajstić information content (AvgIpc) is 3.14. The Morgan fingerprint density at radius 3 is 2.63 bits per heavy atom. The Balaban J connectivity index is 1.56. The Morgan fingerprint density at radius 2 is 2.03 bits per heavy atom. The van der Waals surface area contributed by atoms with E-state index in [4.69, 9.17) is 4.74 Å². The zero-order valence-corrected chi connectivity index (χ0v) is 23.6. The van der Waals surface area contributed by atoms with Crippen LogP contribution in [0.1, 0.15) is 51.4 Å². The van der Waals surface area contributed by atoms with Crippen molar-refractivity contribution in [3.63, 3.8) is 0 Å². The number of pyridine rings is 1. The van der Waals surface area contributed by atoms with E-state index in [0.717, 1.165) is 17.5 Å². The topological polar surface area (TPSA) is 161 Å². The van der Waals surface area contributed by atoms with Gasteiger partial charge in [-0.1, -0.05) is 34.6 Å². The van der Waals surface area contributed by atoms with Gasteiger partial charge in [0.15, 0.2) is 0 Å². The lowest BCUT2D eigenvalue weighted by Crippen LogP contribution is -2.59. The van der Waals surface area contributed by atoms with Crippen LogP contribution in [-0.4, -0.2) is 67.6 Å². The average molecular weight is 548 g/mol. The van der Waals surface area contributed by atoms with Crippen LogP contribution >= 0.6 is 0 Å². The Kier molecular flexibility index (Phi) is 7.27. The van der Waals surface area contributed by atoms with Crippen molar-refractivity contribution in [1.29, 1.82) is 5.26 Å². The summed E-state index contributed by atoms with van der Waals surface area (Å²) in [7, 11) is -3.69. The fraction of sp³-hybridized carbons (Fsp3) is 0.692. The monoisotopic (exact) mass is 547 g/mol. The molecule has 1 unspecified atom stereocenters. The summed E-state index contributed by atoms with van der Waals surface area (Å²) in [6.07, 6.45) is 1.61. The Hall–Kier alpha value is -2.75. The lowest BCUT2D eigenvalue weighted by molar-refractivity contribution is -0.143. The van der Waals surface area contributed by atoms with Crippen molar-refractivity contribution < 1.29 is 22.7 Å². The van der Waals surface area contributed by atoms with E-state index in [0.29, 0.717) is 31.7 Å². The molecule has 11 nitrogen and oxygen atoms in total. The van der Waals surface area contributed by atoms with E-state index in [1.165, 1.54) is 4.90 Å². The van der Waals surface area contributed by atoms with Crippen molar-refractivity contribution in [2.75, 3.05) is 19.4 Å². The first-order valence-corrected chi connectivity index (χ1v) is 14.7. The Morgan fingerprint density at radius 1 is 1.34 bits per heavy atom. The first kappa shape index (κ1) is 28.3. The first-order valence-electron chi connectivity index (χ1n) is 12.8. The smallest absolute Gasteiger partial charge is 0.251 e. The fourth-order valence-electron chi connectivity index (χ4n) is 5.92. The summed E-state index contributed by atoms with van der Waals surface area (Å²) in [5.74, 6) is -0.975. The summed E-state index contributed by atoms with van der Waals surface area (Å²) in [5.41, 5.74) is 0.834. The second-order valence-corrected chi connectivity index (χ2v) is 14.2. The van der Waals surface area contributed by atoms with Crippen molar-refractivity contribution in [3.8, 4) is 6.07 Å². The maximum atomic E-state index is 13.7. The van der Waals surface area contributed by atoms with Crippen LogP contribution in [0.3, 0.4) is 0 Å². The van der Waals surface area contributed by atoms with E-state index in [1.807, 2.05) is 13.8 Å². The predicted molar refractivity (Wildman–Crippen MR) is 139 cm³/mol. The highest BCUT2D eigenvalue weighted by Gasteiger charge is 2.69. The minimum Gasteiger partial charge on any atom is -0.376 e. The third-order valence-electron chi connectivity index (χ3n) is 8.15. The highest BCUT2D eigenvalue weighted by molar-refractivity contribution is 7.88. The van der Waals surface area contributed by atoms with Gasteiger partial charge in [-0.25, -0.2) is 13.1 Å². The molecule has 1 aromatic rings. The van der Waals surface area contributed by atoms with Gasteiger partial charge in [0.05, 0.1) is 25.5 Å². The van der Waals surface area contributed by atoms with E-state index < -0.39 is 45.4 Å². The number of sulfonamides is 1. The summed E-state index contributed by atoms with van der Waals surface area (Å²) in [5, 5.41) is 12.6. The molecule has 208 valence electrons. The molecule has 0 aromatic carbocycles. The molecular weight excluding hydrogens is 510 g/mol. The molecule has 1 saturated heterocycles. The molecule has 3 N–H and O–H groups in total. The van der Waals surface area contributed by atoms with Gasteiger partial charge in [-0.15, -0.1) is 0 Å². The van der Waals surface area contributed by atoms with Gasteiger partial charge in [0.1, 0.15) is 18.1 Å². The molecule has 1 saturated carbocycles. The molecule has 2 fully saturated rings. The second-order valence-electron chi connectivity index (χ2n) is 12.4. The minimum absolute atomic E-state index is 0.00323. The van der Waals surface area contributed by atoms with Gasteiger partial charge in [-0.3, -0.25) is 14.4 Å². The van der Waals surface area contributed by atoms with Gasteiger partial charge in [0, 0.05) is 30.6 Å². The van der Waals surface area contributed by atoms with Crippen molar-refractivity contribution in [3.05, 3.63) is 33.2 Å². The SMILES string of the molecule is CC(C)(C)[C@H](NS(C)(=O)=O)C(=O)N1C[C@H]2[C@@H]([C@H]1C(=O)NC(C#N)Cc1cc3c([nH]c1=O)CCOC3)C2(C)C. The molecule has 0 spiro atoms. The lowest BCUT2D eigenvalue weighted by atomic mass is 9.86. The molecule has 1 aromatic heterocycles. The fourth-order valence-corrected chi connectivity index (χ4v) is 6.80. The van der Waals surface area contributed by atoms with Crippen LogP contribution in [0.15, 0.2) is 10.9 Å². The summed E-state index contributed by atoms with van der Waals surface area (Å²) >= 11 is 0. The number of H-pyrrole nitrogens is 1. The molecule has 5 atom stereocenters. The van der Waals surface area contributed by atoms with Crippen LogP contribution < -0.4 is 15.6 Å². The number of piperidine rings is 1. The lowest BCUT2D eigenvalue weighted by Gasteiger charge is -2.37. The number of rotatable bonds is 7. The molecule has 2 amide bonds. The zero-order chi connectivity index (χ0) is 28.2. The number of nitriles is 1. The van der Waals surface area contributed by atoms with Crippen LogP contribution in [0.25, 0.3) is 0 Å². The third-order valence-corrected chi connectivity index (χ3v) is 8.81. The van der Waals surface area contributed by atoms with E-state index >= 15 is 0 Å². The molecule has 38 heavy (non-hydrogen) atoms. The minimum atomic E-state index is -3.69. The van der Waals surface area contributed by atoms with Crippen LogP contribution in [0.5, 0.6) is 0 Å². The quantitative estimate of drug-likeness (QED) is 0.446. The van der Waals surface area contributed by atoms with E-state index in [9.17, 15) is 28.1 Å². The van der Waals surface area contributed by atoms with Crippen molar-refractivity contribution in [1.82, 2.24) is 19.9 Å². The molecule has 2 aliphatic heterocycles. The molecule has 0 bridgehead atoms. The maximum absolute atomic E-state index is 13.7. The van der Waals surface area contributed by atoms with Gasteiger partial charge < -0.3 is 19.9 Å². The molecule has 1 aliphatic carbocycles. The van der Waals surface area contributed by atoms with Crippen LogP contribution in [-0.2, 0) is 43.8 Å². The molecular formula is C26H37N5O6S. The second kappa shape index (κ2) is 9.77. The number of aromatic amines is 1. The standard InChI is InChI=1S/C26H37N5O6S/c1-25(2,3)21(30-38(6,35)36)24(34)31-12-17-19(26(17,4)5)20(31)23(33)28-16(11-27)10-14-9-15-13-37-8-7-18(15)29-22(14)32/h9,16-17,19-21,30H,7-8,10,12-13H2,1-6H3,(H,28,33)(H,29,32)/t16?,17-,19-,20-,21+/m0/s1. The number of carbonyl (C=O) groups is 2. The highest BCUT2D eigenvalue weighted by atomic mass is 32.2. The van der Waals surface area contributed by atoms with Gasteiger partial charge in [0.2, 0.25) is 21.8 Å². The number of amides is 2. The molecule has 3 heterocycles. The number of nitrogens with one attached hydrogen (secondary N) is 3. The Bertz CT molecular complexity index is 1340. The number of fused-ring (bicyclic) bond motifs is 2. The maximum Gasteiger partial charge on any atom is 0.251 e. The number of hydrogen-bond donors (Lipinski definition) is 3. The van der Waals surface area contributed by atoms with E-state index in [2.05, 4.69) is 21.1 Å². The molecule has 4 rings (SSSR count). The molecule has 0 radical (unpaired) electrons. The normalized spacial score (nSPS) is 25.5. The summed E-state index contributed by atoms with van der Waals surface area (Å²) in [6, 6.07) is 0.899. The molecule has 3 aliphatic rings. The van der Waals surface area contributed by atoms with Crippen LogP contribution in [0, 0.1) is 34.0 Å². The summed E-state index contributed by atoms with van der Waals surface area (Å²) in [4.78, 5) is 44.2. The summed E-state index contributed by atoms with van der Waals surface area (Å²) in [6.45, 7) is 10.6. The van der Waals surface area contributed by atoms with Crippen LogP contribution in [0.4, 0.5) is 0 Å². The van der Waals surface area contributed by atoms with Gasteiger partial charge in [-0.2, -0.15) is 5.26 Å². The Labute approximate surface area is 223 Å². The highest BCUT2D eigenvalue weighted by Crippen LogP contribution is 2.65. The van der Waals surface area contributed by atoms with Gasteiger partial charge in [-0.05, 0) is 34.3 Å². The number of aromatic nitrogens is 1. The van der Waals surface area contributed by atoms with E-state index in [1.54, 1.807) is 26.8 Å². The van der Waals surface area contributed by atoms with Gasteiger partial charge >= 0.3 is 0 Å². The predicted octanol–water partition coefficient (Wildman–Crippen LogP) is 0.445. The number of ether oxygens (including phenoxy) is 1. The third kappa shape index (κ3) is 5.51. The van der Waals surface area contributed by atoms with Crippen LogP contribution in [0.2, 0.25) is 0 Å². The van der Waals surface area contributed by atoms with Crippen molar-refractivity contribution >= 4 is 21.8 Å². The number of hydrogen-bond acceptors (Lipinski definition) is 7. The van der Waals surface area contributed by atoms with Crippen molar-refractivity contribution in [2.24, 2.45) is 22.7 Å². The summed E-state index contributed by atoms with van der Waals surface area (Å²) < 4.78 is 32.0. The zero-order valence-electron chi connectivity index (χ0n) is 22.8. The molecule has 12 heteroatoms. The number of carbonyl (C=O) groups excluding carboxylic acids is 2. The first-order chi connectivity index (χ1) is 17.5. The largest absolute Gasteiger partial charge is 0.376 e.